The number of benzene rings is 8. The van der Waals surface area contributed by atoms with Gasteiger partial charge in [-0.1, -0.05) is 178 Å². The summed E-state index contributed by atoms with van der Waals surface area (Å²) in [5.74, 6) is 1.92. The first kappa shape index (κ1) is 35.2. The molecule has 0 aliphatic rings. The Morgan fingerprint density at radius 1 is 0.379 bits per heavy atom. The molecule has 0 saturated heterocycles. The van der Waals surface area contributed by atoms with Crippen LogP contribution in [0.4, 0.5) is 0 Å². The molecule has 0 aliphatic heterocycles. The van der Waals surface area contributed by atoms with Crippen molar-refractivity contribution >= 4 is 53.3 Å². The minimum atomic E-state index is 0.628. The van der Waals surface area contributed by atoms with Crippen LogP contribution < -0.4 is 0 Å². The highest BCUT2D eigenvalue weighted by Gasteiger charge is 2.19. The summed E-state index contributed by atoms with van der Waals surface area (Å²) < 4.78 is 5.03. The van der Waals surface area contributed by atoms with Crippen molar-refractivity contribution in [3.63, 3.8) is 0 Å². The summed E-state index contributed by atoms with van der Waals surface area (Å²) in [5, 5.41) is 5.03. The highest BCUT2D eigenvalue weighted by atomic mass is 32.1. The van der Waals surface area contributed by atoms with Crippen molar-refractivity contribution in [2.75, 3.05) is 0 Å². The van der Waals surface area contributed by atoms with Crippen molar-refractivity contribution in [1.29, 1.82) is 0 Å². The lowest BCUT2D eigenvalue weighted by molar-refractivity contribution is 1.07. The minimum absolute atomic E-state index is 0.628. The van der Waals surface area contributed by atoms with E-state index in [0.717, 1.165) is 33.4 Å². The fourth-order valence-corrected chi connectivity index (χ4v) is 9.31. The Kier molecular flexibility index (Phi) is 9.13. The Morgan fingerprint density at radius 3 is 1.60 bits per heavy atom. The van der Waals surface area contributed by atoms with Crippen LogP contribution in [0.15, 0.2) is 194 Å². The van der Waals surface area contributed by atoms with Crippen molar-refractivity contribution in [2.24, 2.45) is 0 Å². The summed E-state index contributed by atoms with van der Waals surface area (Å²) in [7, 11) is 0. The molecule has 11 aromatic rings. The topological polar surface area (TPSA) is 43.6 Å². The van der Waals surface area contributed by atoms with Crippen LogP contribution in [-0.4, -0.2) is 19.5 Å². The predicted octanol–water partition coefficient (Wildman–Crippen LogP) is 14.7. The van der Waals surface area contributed by atoms with Gasteiger partial charge in [0.15, 0.2) is 17.5 Å². The summed E-state index contributed by atoms with van der Waals surface area (Å²) in [6, 6.07) is 68.6. The fraction of sp³-hybridized carbons (Fsp3) is 0.0377. The number of hydrogen-bond acceptors (Lipinski definition) is 4. The van der Waals surface area contributed by atoms with Gasteiger partial charge in [0.1, 0.15) is 0 Å². The molecule has 0 N–H and O–H groups in total. The van der Waals surface area contributed by atoms with Crippen molar-refractivity contribution in [1.82, 2.24) is 19.5 Å². The predicted molar refractivity (Wildman–Crippen MR) is 246 cm³/mol. The standard InChI is InChI=1S/C51H32N4S.C2H6/c1-3-15-33(16-4-1)49-52-50(34-17-5-2-6-18-34)54-51(53-49)37-21-12-22-38(32-37)55-45-29-9-7-23-41(45)43-27-13-25-39(47(43)55)35-19-11-20-36(31-35)40-26-14-28-44-42-24-8-10-30-46(42)56-48(40)44;1-2/h1-32H;1-2H3. The smallest absolute Gasteiger partial charge is 0.164 e. The van der Waals surface area contributed by atoms with Crippen molar-refractivity contribution in [2.45, 2.75) is 13.8 Å². The minimum Gasteiger partial charge on any atom is -0.309 e. The van der Waals surface area contributed by atoms with E-state index in [1.807, 2.05) is 85.8 Å². The molecule has 276 valence electrons. The van der Waals surface area contributed by atoms with E-state index in [-0.39, 0.29) is 0 Å². The highest BCUT2D eigenvalue weighted by Crippen LogP contribution is 2.43. The Labute approximate surface area is 341 Å². The Morgan fingerprint density at radius 2 is 0.879 bits per heavy atom. The van der Waals surface area contributed by atoms with E-state index in [1.165, 1.54) is 53.2 Å². The zero-order valence-electron chi connectivity index (χ0n) is 32.2. The van der Waals surface area contributed by atoms with E-state index in [2.05, 4.69) is 138 Å². The third-order valence-electron chi connectivity index (χ3n) is 10.6. The fourth-order valence-electron chi connectivity index (χ4n) is 8.07. The third-order valence-corrected chi connectivity index (χ3v) is 11.9. The van der Waals surface area contributed by atoms with Crippen LogP contribution in [0.5, 0.6) is 0 Å². The van der Waals surface area contributed by atoms with E-state index >= 15 is 0 Å². The van der Waals surface area contributed by atoms with Crippen LogP contribution in [0.1, 0.15) is 13.8 Å². The average Bonchev–Trinajstić information content (AvgIpc) is 3.86. The molecule has 0 fully saturated rings. The molecule has 0 aliphatic carbocycles. The first-order valence-corrected chi connectivity index (χ1v) is 20.6. The van der Waals surface area contributed by atoms with Crippen molar-refractivity contribution < 1.29 is 0 Å². The molecule has 4 nitrogen and oxygen atoms in total. The van der Waals surface area contributed by atoms with E-state index in [1.54, 1.807) is 0 Å². The van der Waals surface area contributed by atoms with Crippen LogP contribution in [0.25, 0.3) is 104 Å². The lowest BCUT2D eigenvalue weighted by atomic mass is 9.96. The van der Waals surface area contributed by atoms with Gasteiger partial charge in [0.25, 0.3) is 0 Å². The quantitative estimate of drug-likeness (QED) is 0.169. The van der Waals surface area contributed by atoms with Crippen LogP contribution in [-0.2, 0) is 0 Å². The Balaban J connectivity index is 0.00000201. The number of nitrogens with zero attached hydrogens (tertiary/aromatic N) is 4. The maximum atomic E-state index is 5.05. The Bertz CT molecular complexity index is 3200. The number of aromatic nitrogens is 4. The van der Waals surface area contributed by atoms with Gasteiger partial charge in [0, 0.05) is 58.9 Å². The van der Waals surface area contributed by atoms with Gasteiger partial charge in [0.05, 0.1) is 11.0 Å². The molecule has 58 heavy (non-hydrogen) atoms. The van der Waals surface area contributed by atoms with Crippen molar-refractivity contribution in [3.05, 3.63) is 194 Å². The van der Waals surface area contributed by atoms with Gasteiger partial charge >= 0.3 is 0 Å². The molecule has 8 aromatic carbocycles. The van der Waals surface area contributed by atoms with Crippen molar-refractivity contribution in [3.8, 4) is 62.1 Å². The molecule has 5 heteroatoms. The van der Waals surface area contributed by atoms with E-state index in [4.69, 9.17) is 15.0 Å². The van der Waals surface area contributed by atoms with Gasteiger partial charge in [-0.05, 0) is 47.0 Å². The number of rotatable bonds is 6. The summed E-state index contributed by atoms with van der Waals surface area (Å²) in [4.78, 5) is 15.0. The molecule has 0 bridgehead atoms. The monoisotopic (exact) mass is 762 g/mol. The van der Waals surface area contributed by atoms with Crippen LogP contribution in [0.2, 0.25) is 0 Å². The van der Waals surface area contributed by atoms with Gasteiger partial charge in [-0.15, -0.1) is 11.3 Å². The van der Waals surface area contributed by atoms with E-state index < -0.39 is 0 Å². The summed E-state index contributed by atoms with van der Waals surface area (Å²) in [6.45, 7) is 4.00. The zero-order chi connectivity index (χ0) is 39.0. The normalized spacial score (nSPS) is 11.3. The summed E-state index contributed by atoms with van der Waals surface area (Å²) in [6.07, 6.45) is 0. The van der Waals surface area contributed by atoms with Crippen LogP contribution in [0, 0.1) is 0 Å². The number of hydrogen-bond donors (Lipinski definition) is 0. The number of thiophene rings is 1. The van der Waals surface area contributed by atoms with Gasteiger partial charge in [-0.25, -0.2) is 15.0 Å². The average molecular weight is 763 g/mol. The highest BCUT2D eigenvalue weighted by molar-refractivity contribution is 7.26. The third kappa shape index (κ3) is 6.13. The van der Waals surface area contributed by atoms with Crippen LogP contribution >= 0.6 is 11.3 Å². The van der Waals surface area contributed by atoms with Gasteiger partial charge in [0.2, 0.25) is 0 Å². The number of para-hydroxylation sites is 2. The van der Waals surface area contributed by atoms with Gasteiger partial charge < -0.3 is 4.57 Å². The molecule has 3 heterocycles. The van der Waals surface area contributed by atoms with E-state index in [0.29, 0.717) is 17.5 Å². The molecule has 0 radical (unpaired) electrons. The second kappa shape index (κ2) is 15.0. The summed E-state index contributed by atoms with van der Waals surface area (Å²) in [5.41, 5.74) is 11.0. The molecular formula is C53H38N4S. The maximum Gasteiger partial charge on any atom is 0.164 e. The molecular weight excluding hydrogens is 725 g/mol. The molecule has 0 amide bonds. The largest absolute Gasteiger partial charge is 0.309 e. The summed E-state index contributed by atoms with van der Waals surface area (Å²) >= 11 is 1.87. The lowest BCUT2D eigenvalue weighted by Gasteiger charge is -2.14. The van der Waals surface area contributed by atoms with Gasteiger partial charge in [-0.3, -0.25) is 0 Å². The second-order valence-electron chi connectivity index (χ2n) is 14.0. The first-order chi connectivity index (χ1) is 28.8. The maximum absolute atomic E-state index is 5.05. The molecule has 11 rings (SSSR count). The second-order valence-corrected chi connectivity index (χ2v) is 15.1. The molecule has 0 atom stereocenters. The SMILES string of the molecule is CC.c1ccc(-c2nc(-c3ccccc3)nc(-c3cccc(-n4c5ccccc5c5cccc(-c6cccc(-c7cccc8c7sc7ccccc78)c6)c54)c3)n2)cc1. The lowest BCUT2D eigenvalue weighted by Crippen LogP contribution is -2.01. The Hall–Kier alpha value is -7.21. The molecule has 0 saturated carbocycles. The first-order valence-electron chi connectivity index (χ1n) is 19.8. The number of fused-ring (bicyclic) bond motifs is 6. The molecule has 3 aromatic heterocycles. The van der Waals surface area contributed by atoms with Gasteiger partial charge in [-0.2, -0.15) is 0 Å². The molecule has 0 unspecified atom stereocenters. The molecule has 0 spiro atoms. The zero-order valence-corrected chi connectivity index (χ0v) is 33.0. The van der Waals surface area contributed by atoms with E-state index in [9.17, 15) is 0 Å². The van der Waals surface area contributed by atoms with Crippen LogP contribution in [0.3, 0.4) is 0 Å².